The number of hydrogen-bond acceptors (Lipinski definition) is 2. The molecule has 0 saturated heterocycles. The monoisotopic (exact) mass is 396 g/mol. The lowest BCUT2D eigenvalue weighted by atomic mass is 10.2. The molecule has 0 unspecified atom stereocenters. The molecule has 1 N–H and O–H groups in total. The second-order valence-corrected chi connectivity index (χ2v) is 18.1. The molecule has 0 bridgehead atoms. The number of hydrogen-bond donors (Lipinski definition) is 1. The maximum Gasteiger partial charge on any atom is 0.261 e. The number of aliphatic hydroxyl groups is 1. The molecule has 0 aliphatic carbocycles. The molecule has 0 fully saturated rings. The second kappa shape index (κ2) is 8.58. The summed E-state index contributed by atoms with van der Waals surface area (Å²) >= 11 is 0. The molecule has 0 radical (unpaired) electrons. The molecule has 2 aromatic carbocycles. The second-order valence-electron chi connectivity index (χ2n) is 9.01. The predicted octanol–water partition coefficient (Wildman–Crippen LogP) is 3.80. The van der Waals surface area contributed by atoms with Crippen LogP contribution < -0.4 is 10.4 Å². The van der Waals surface area contributed by atoms with Gasteiger partial charge in [0, 0.05) is 0 Å². The van der Waals surface area contributed by atoms with E-state index in [4.69, 9.17) is 4.43 Å². The minimum atomic E-state index is -2.60. The molecule has 0 aromatic heterocycles. The highest BCUT2D eigenvalue weighted by Gasteiger charge is 2.50. The summed E-state index contributed by atoms with van der Waals surface area (Å²) in [5.74, 6) is 3.01. The molecule has 0 spiro atoms. The van der Waals surface area contributed by atoms with E-state index in [1.807, 2.05) is 12.1 Å². The summed E-state index contributed by atoms with van der Waals surface area (Å²) in [5.41, 5.74) is 3.25. The van der Waals surface area contributed by atoms with Gasteiger partial charge in [-0.05, 0) is 15.4 Å². The van der Waals surface area contributed by atoms with Crippen molar-refractivity contribution in [1.29, 1.82) is 0 Å². The quantitative estimate of drug-likeness (QED) is 0.615. The Balaban J connectivity index is 2.48. The van der Waals surface area contributed by atoms with Gasteiger partial charge in [0.15, 0.2) is 0 Å². The zero-order valence-electron chi connectivity index (χ0n) is 17.4. The Hall–Kier alpha value is -1.65. The van der Waals surface area contributed by atoms with E-state index in [9.17, 15) is 5.11 Å². The van der Waals surface area contributed by atoms with Crippen LogP contribution in [-0.2, 0) is 4.43 Å². The van der Waals surface area contributed by atoms with Gasteiger partial charge in [-0.25, -0.2) is 0 Å². The zero-order chi connectivity index (χ0) is 20.1. The summed E-state index contributed by atoms with van der Waals surface area (Å²) in [4.78, 5) is 0. The first-order valence-corrected chi connectivity index (χ1v) is 14.9. The molecule has 0 aliphatic heterocycles. The molecule has 0 amide bonds. The van der Waals surface area contributed by atoms with Gasteiger partial charge in [0.2, 0.25) is 0 Å². The Bertz CT molecular complexity index is 739. The van der Waals surface area contributed by atoms with Crippen molar-refractivity contribution in [3.8, 4) is 11.5 Å². The van der Waals surface area contributed by atoms with Crippen LogP contribution in [0.5, 0.6) is 0 Å². The smallest absolute Gasteiger partial charge is 0.261 e. The van der Waals surface area contributed by atoms with Crippen LogP contribution in [0.15, 0.2) is 60.7 Å². The van der Waals surface area contributed by atoms with Crippen LogP contribution in [-0.4, -0.2) is 34.2 Å². The molecule has 1 atom stereocenters. The van der Waals surface area contributed by atoms with Gasteiger partial charge in [-0.15, -0.1) is 5.54 Å². The van der Waals surface area contributed by atoms with Gasteiger partial charge < -0.3 is 9.53 Å². The van der Waals surface area contributed by atoms with Gasteiger partial charge in [0.25, 0.3) is 8.32 Å². The Morgan fingerprint density at radius 1 is 0.889 bits per heavy atom. The van der Waals surface area contributed by atoms with Gasteiger partial charge >= 0.3 is 0 Å². The highest BCUT2D eigenvalue weighted by molar-refractivity contribution is 6.99. The summed E-state index contributed by atoms with van der Waals surface area (Å²) in [5, 5.41) is 12.8. The van der Waals surface area contributed by atoms with Crippen molar-refractivity contribution < 1.29 is 9.53 Å². The molecule has 2 nitrogen and oxygen atoms in total. The van der Waals surface area contributed by atoms with E-state index in [1.54, 1.807) is 0 Å². The van der Waals surface area contributed by atoms with Crippen molar-refractivity contribution in [3.63, 3.8) is 0 Å². The lowest BCUT2D eigenvalue weighted by Gasteiger charge is -2.43. The lowest BCUT2D eigenvalue weighted by molar-refractivity contribution is 0.145. The van der Waals surface area contributed by atoms with Crippen LogP contribution in [0.4, 0.5) is 0 Å². The zero-order valence-corrected chi connectivity index (χ0v) is 19.4. The van der Waals surface area contributed by atoms with Crippen molar-refractivity contribution in [2.45, 2.75) is 51.6 Å². The molecule has 144 valence electrons. The van der Waals surface area contributed by atoms with E-state index < -0.39 is 22.5 Å². The Labute approximate surface area is 166 Å². The number of rotatable bonds is 5. The molecule has 0 saturated carbocycles. The van der Waals surface area contributed by atoms with Crippen LogP contribution in [0.1, 0.15) is 20.8 Å². The fourth-order valence-electron chi connectivity index (χ4n) is 3.31. The SMILES string of the molecule is CC(C)(C)[Si](OC[C@H](O)C#C[Si](C)(C)C)(c1ccccc1)c1ccccc1. The van der Waals surface area contributed by atoms with E-state index in [0.29, 0.717) is 0 Å². The van der Waals surface area contributed by atoms with E-state index in [0.717, 1.165) is 0 Å². The van der Waals surface area contributed by atoms with E-state index >= 15 is 0 Å². The normalized spacial score (nSPS) is 13.6. The van der Waals surface area contributed by atoms with E-state index in [2.05, 4.69) is 100 Å². The minimum absolute atomic E-state index is 0.0956. The van der Waals surface area contributed by atoms with E-state index in [1.165, 1.54) is 10.4 Å². The lowest BCUT2D eigenvalue weighted by Crippen LogP contribution is -2.67. The Kier molecular flexibility index (Phi) is 6.88. The molecular weight excluding hydrogens is 364 g/mol. The summed E-state index contributed by atoms with van der Waals surface area (Å²) in [6, 6.07) is 21.0. The molecule has 2 rings (SSSR count). The van der Waals surface area contributed by atoms with Crippen molar-refractivity contribution in [3.05, 3.63) is 60.7 Å². The molecule has 4 heteroatoms. The largest absolute Gasteiger partial charge is 0.404 e. The maximum absolute atomic E-state index is 10.5. The Morgan fingerprint density at radius 2 is 1.33 bits per heavy atom. The highest BCUT2D eigenvalue weighted by atomic mass is 28.4. The molecule has 2 aromatic rings. The average molecular weight is 397 g/mol. The van der Waals surface area contributed by atoms with E-state index in [-0.39, 0.29) is 11.6 Å². The third-order valence-electron chi connectivity index (χ3n) is 4.49. The van der Waals surface area contributed by atoms with Crippen molar-refractivity contribution in [2.24, 2.45) is 0 Å². The Morgan fingerprint density at radius 3 is 1.70 bits per heavy atom. The molecule has 0 heterocycles. The first kappa shape index (κ1) is 21.7. The summed E-state index contributed by atoms with van der Waals surface area (Å²) in [7, 11) is -4.13. The van der Waals surface area contributed by atoms with Crippen LogP contribution in [0, 0.1) is 11.5 Å². The predicted molar refractivity (Wildman–Crippen MR) is 121 cm³/mol. The maximum atomic E-state index is 10.5. The van der Waals surface area contributed by atoms with Crippen LogP contribution in [0.2, 0.25) is 24.7 Å². The van der Waals surface area contributed by atoms with Gasteiger partial charge in [-0.3, -0.25) is 0 Å². The third kappa shape index (κ3) is 5.43. The third-order valence-corrected chi connectivity index (χ3v) is 10.4. The first-order valence-electron chi connectivity index (χ1n) is 9.52. The van der Waals surface area contributed by atoms with Crippen molar-refractivity contribution in [1.82, 2.24) is 0 Å². The van der Waals surface area contributed by atoms with Crippen LogP contribution in [0.25, 0.3) is 0 Å². The fourth-order valence-corrected chi connectivity index (χ4v) is 8.47. The standard InChI is InChI=1S/C23H32O2Si2/c1-23(2,3)27(21-13-9-7-10-14-21,22-15-11-8-12-16-22)25-19-20(24)17-18-26(4,5)6/h7-16,20,24H,19H2,1-6H3/t20-/m1/s1. The highest BCUT2D eigenvalue weighted by Crippen LogP contribution is 2.36. The van der Waals surface area contributed by atoms with Crippen LogP contribution >= 0.6 is 0 Å². The summed E-state index contributed by atoms with van der Waals surface area (Å²) in [6.07, 6.45) is -0.765. The number of benzene rings is 2. The van der Waals surface area contributed by atoms with Gasteiger partial charge in [0.1, 0.15) is 14.2 Å². The average Bonchev–Trinajstić information content (AvgIpc) is 2.60. The topological polar surface area (TPSA) is 29.5 Å². The molecule has 0 aliphatic rings. The summed E-state index contributed by atoms with van der Waals surface area (Å²) in [6.45, 7) is 13.5. The minimum Gasteiger partial charge on any atom is -0.404 e. The van der Waals surface area contributed by atoms with Gasteiger partial charge in [0.05, 0.1) is 6.61 Å². The fraction of sp³-hybridized carbons (Fsp3) is 0.391. The van der Waals surface area contributed by atoms with Gasteiger partial charge in [-0.2, -0.15) is 0 Å². The van der Waals surface area contributed by atoms with Gasteiger partial charge in [-0.1, -0.05) is 107 Å². The first-order chi connectivity index (χ1) is 12.6. The molecule has 27 heavy (non-hydrogen) atoms. The van der Waals surface area contributed by atoms with Crippen molar-refractivity contribution in [2.75, 3.05) is 6.61 Å². The van der Waals surface area contributed by atoms with Crippen molar-refractivity contribution >= 4 is 26.8 Å². The number of aliphatic hydroxyl groups excluding tert-OH is 1. The summed E-state index contributed by atoms with van der Waals surface area (Å²) < 4.78 is 6.70. The molecular formula is C23H32O2Si2. The van der Waals surface area contributed by atoms with Crippen LogP contribution in [0.3, 0.4) is 0 Å².